The Morgan fingerprint density at radius 2 is 1.11 bits per heavy atom. The molecule has 0 bridgehead atoms. The Bertz CT molecular complexity index is 3560. The normalized spacial score (nSPS) is 16.1. The zero-order chi connectivity index (χ0) is 42.9. The SMILES string of the molecule is CC1(C)c2cc(-c3ccc4nc(-c5ccccc5)c(-c5ccccc5)n4c3)ccc2-c2cc3c(cc21)-c1ccc(-n2c4c(c5ccccc52)CC(c2ccccc2)C=C4)cc1C3(C)C. The Balaban J connectivity index is 0.882. The molecule has 10 aromatic rings. The molecule has 1 atom stereocenters. The van der Waals surface area contributed by atoms with Gasteiger partial charge in [-0.15, -0.1) is 0 Å². The number of aromatic nitrogens is 3. The van der Waals surface area contributed by atoms with Gasteiger partial charge >= 0.3 is 0 Å². The Hall–Kier alpha value is -7.49. The molecule has 0 radical (unpaired) electrons. The Kier molecular flexibility index (Phi) is 7.83. The lowest BCUT2D eigenvalue weighted by Gasteiger charge is -2.25. The Morgan fingerprint density at radius 1 is 0.516 bits per heavy atom. The minimum atomic E-state index is -0.176. The fourth-order valence-electron chi connectivity index (χ4n) is 11.6. The van der Waals surface area contributed by atoms with E-state index in [0.717, 1.165) is 34.6 Å². The number of nitrogens with zero attached hydrogens (tertiary/aromatic N) is 3. The molecular weight excluding hydrogens is 775 g/mol. The predicted molar refractivity (Wildman–Crippen MR) is 265 cm³/mol. The minimum Gasteiger partial charge on any atom is -0.310 e. The molecule has 0 amide bonds. The van der Waals surface area contributed by atoms with Crippen LogP contribution >= 0.6 is 0 Å². The van der Waals surface area contributed by atoms with Crippen molar-refractivity contribution < 1.29 is 0 Å². The fraction of sp³-hybridized carbons (Fsp3) is 0.131. The fourth-order valence-corrected chi connectivity index (χ4v) is 11.6. The van der Waals surface area contributed by atoms with Crippen LogP contribution in [0.15, 0.2) is 188 Å². The third kappa shape index (κ3) is 5.31. The Morgan fingerprint density at radius 3 is 1.83 bits per heavy atom. The van der Waals surface area contributed by atoms with Crippen LogP contribution in [-0.2, 0) is 17.3 Å². The molecule has 3 nitrogen and oxygen atoms in total. The summed E-state index contributed by atoms with van der Waals surface area (Å²) in [6, 6.07) is 65.0. The smallest absolute Gasteiger partial charge is 0.137 e. The summed E-state index contributed by atoms with van der Waals surface area (Å²) in [4.78, 5) is 5.18. The average Bonchev–Trinajstić information content (AvgIpc) is 4.02. The monoisotopic (exact) mass is 821 g/mol. The summed E-state index contributed by atoms with van der Waals surface area (Å²) in [5.74, 6) is 0.373. The van der Waals surface area contributed by atoms with Gasteiger partial charge in [-0.25, -0.2) is 4.98 Å². The zero-order valence-electron chi connectivity index (χ0n) is 36.6. The third-order valence-corrected chi connectivity index (χ3v) is 14.9. The van der Waals surface area contributed by atoms with Gasteiger partial charge in [-0.2, -0.15) is 0 Å². The first kappa shape index (κ1) is 37.1. The number of imidazole rings is 1. The van der Waals surface area contributed by atoms with Gasteiger partial charge in [-0.05, 0) is 128 Å². The largest absolute Gasteiger partial charge is 0.310 e. The Labute approximate surface area is 374 Å². The van der Waals surface area contributed by atoms with E-state index in [-0.39, 0.29) is 10.8 Å². The van der Waals surface area contributed by atoms with Crippen molar-refractivity contribution in [3.05, 3.63) is 227 Å². The second kappa shape index (κ2) is 13.5. The topological polar surface area (TPSA) is 22.2 Å². The molecule has 3 aliphatic rings. The molecule has 0 spiro atoms. The van der Waals surface area contributed by atoms with Crippen LogP contribution in [0.25, 0.3) is 84.2 Å². The van der Waals surface area contributed by atoms with Gasteiger partial charge in [0.1, 0.15) is 5.65 Å². The van der Waals surface area contributed by atoms with E-state index in [1.54, 1.807) is 0 Å². The highest BCUT2D eigenvalue weighted by molar-refractivity contribution is 5.94. The van der Waals surface area contributed by atoms with Crippen molar-refractivity contribution in [1.82, 2.24) is 14.0 Å². The van der Waals surface area contributed by atoms with Crippen molar-refractivity contribution in [3.63, 3.8) is 0 Å². The van der Waals surface area contributed by atoms with E-state index >= 15 is 0 Å². The average molecular weight is 822 g/mol. The molecule has 13 rings (SSSR count). The number of benzene rings is 7. The molecule has 0 aliphatic heterocycles. The first-order valence-electron chi connectivity index (χ1n) is 22.7. The third-order valence-electron chi connectivity index (χ3n) is 14.9. The molecule has 0 saturated heterocycles. The number of pyridine rings is 1. The minimum absolute atomic E-state index is 0.172. The second-order valence-corrected chi connectivity index (χ2v) is 19.2. The molecular formula is C61H47N3. The van der Waals surface area contributed by atoms with E-state index in [1.165, 1.54) is 89.0 Å². The van der Waals surface area contributed by atoms with Crippen LogP contribution in [0.1, 0.15) is 72.7 Å². The van der Waals surface area contributed by atoms with Crippen LogP contribution in [0.4, 0.5) is 0 Å². The van der Waals surface area contributed by atoms with E-state index in [4.69, 9.17) is 4.98 Å². The van der Waals surface area contributed by atoms with E-state index < -0.39 is 0 Å². The molecule has 3 heteroatoms. The van der Waals surface area contributed by atoms with Gasteiger partial charge in [-0.3, -0.25) is 4.40 Å². The van der Waals surface area contributed by atoms with Gasteiger partial charge in [0.15, 0.2) is 0 Å². The molecule has 64 heavy (non-hydrogen) atoms. The summed E-state index contributed by atoms with van der Waals surface area (Å²) < 4.78 is 4.79. The van der Waals surface area contributed by atoms with Crippen LogP contribution in [0.3, 0.4) is 0 Å². The first-order chi connectivity index (χ1) is 31.2. The van der Waals surface area contributed by atoms with Crippen LogP contribution in [-0.4, -0.2) is 14.0 Å². The molecule has 0 saturated carbocycles. The summed E-state index contributed by atoms with van der Waals surface area (Å²) in [5, 5.41) is 1.35. The van der Waals surface area contributed by atoms with Crippen LogP contribution in [0.2, 0.25) is 0 Å². The number of allylic oxidation sites excluding steroid dienone is 1. The maximum Gasteiger partial charge on any atom is 0.137 e. The maximum atomic E-state index is 5.18. The van der Waals surface area contributed by atoms with Gasteiger partial charge in [-0.1, -0.05) is 161 Å². The highest BCUT2D eigenvalue weighted by Gasteiger charge is 2.42. The molecule has 3 aromatic heterocycles. The van der Waals surface area contributed by atoms with Crippen LogP contribution in [0, 0.1) is 0 Å². The molecule has 7 aromatic carbocycles. The van der Waals surface area contributed by atoms with E-state index in [1.807, 2.05) is 0 Å². The molecule has 3 aliphatic carbocycles. The van der Waals surface area contributed by atoms with Gasteiger partial charge in [0, 0.05) is 50.8 Å². The van der Waals surface area contributed by atoms with Gasteiger partial charge < -0.3 is 4.57 Å². The maximum absolute atomic E-state index is 5.18. The quantitative estimate of drug-likeness (QED) is 0.170. The van der Waals surface area contributed by atoms with Gasteiger partial charge in [0.25, 0.3) is 0 Å². The van der Waals surface area contributed by atoms with Gasteiger partial charge in [0.05, 0.1) is 16.9 Å². The second-order valence-electron chi connectivity index (χ2n) is 19.2. The highest BCUT2D eigenvalue weighted by atomic mass is 15.0. The summed E-state index contributed by atoms with van der Waals surface area (Å²) in [6.45, 7) is 9.66. The van der Waals surface area contributed by atoms with Crippen molar-refractivity contribution in [3.8, 4) is 61.6 Å². The summed E-state index contributed by atoms with van der Waals surface area (Å²) in [5.41, 5.74) is 25.0. The standard InChI is InChI=1S/C61H47N3/c1-60(2)51-33-42(43-26-31-57-62-58(39-18-10-6-11-19-39)59(63(57)37-43)40-20-12-7-13-21-40)24-28-45(51)48-35-54-49(36-53(48)60)46-29-27-44(34-52(46)61(54,3)4)64-55-23-15-14-22-47(55)50-32-41(25-30-56(50)64)38-16-8-5-9-17-38/h5-31,33-37,41H,32H2,1-4H3. The predicted octanol–water partition coefficient (Wildman–Crippen LogP) is 15.2. The molecule has 3 heterocycles. The lowest BCUT2D eigenvalue weighted by Crippen LogP contribution is -2.17. The lowest BCUT2D eigenvalue weighted by molar-refractivity contribution is 0.652. The lowest BCUT2D eigenvalue weighted by atomic mass is 9.79. The summed E-state index contributed by atoms with van der Waals surface area (Å²) >= 11 is 0. The molecule has 1 unspecified atom stereocenters. The van der Waals surface area contributed by atoms with E-state index in [9.17, 15) is 0 Å². The number of para-hydroxylation sites is 1. The van der Waals surface area contributed by atoms with Crippen molar-refractivity contribution in [2.24, 2.45) is 0 Å². The van der Waals surface area contributed by atoms with E-state index in [2.05, 4.69) is 231 Å². The van der Waals surface area contributed by atoms with E-state index in [0.29, 0.717) is 5.92 Å². The molecule has 0 fully saturated rings. The summed E-state index contributed by atoms with van der Waals surface area (Å²) in [6.07, 6.45) is 8.06. The number of hydrogen-bond donors (Lipinski definition) is 0. The number of hydrogen-bond acceptors (Lipinski definition) is 1. The number of fused-ring (bicyclic) bond motifs is 10. The van der Waals surface area contributed by atoms with Crippen LogP contribution < -0.4 is 0 Å². The van der Waals surface area contributed by atoms with Crippen molar-refractivity contribution >= 4 is 22.6 Å². The molecule has 306 valence electrons. The van der Waals surface area contributed by atoms with Gasteiger partial charge in [0.2, 0.25) is 0 Å². The van der Waals surface area contributed by atoms with Crippen molar-refractivity contribution in [2.75, 3.05) is 0 Å². The number of rotatable bonds is 5. The van der Waals surface area contributed by atoms with Crippen molar-refractivity contribution in [1.29, 1.82) is 0 Å². The molecule has 0 N–H and O–H groups in total. The zero-order valence-corrected chi connectivity index (χ0v) is 36.6. The first-order valence-corrected chi connectivity index (χ1v) is 22.7. The summed E-state index contributed by atoms with van der Waals surface area (Å²) in [7, 11) is 0. The highest BCUT2D eigenvalue weighted by Crippen LogP contribution is 2.57. The van der Waals surface area contributed by atoms with Crippen molar-refractivity contribution in [2.45, 2.75) is 50.9 Å². The van der Waals surface area contributed by atoms with Crippen LogP contribution in [0.5, 0.6) is 0 Å².